The van der Waals surface area contributed by atoms with E-state index in [4.69, 9.17) is 9.26 Å². The average molecular weight is 240 g/mol. The molecule has 17 heavy (non-hydrogen) atoms. The molecule has 5 heteroatoms. The fraction of sp³-hybridized carbons (Fsp3) is 0.833. The molecule has 1 aliphatic carbocycles. The van der Waals surface area contributed by atoms with Crippen LogP contribution in [0.5, 0.6) is 0 Å². The van der Waals surface area contributed by atoms with E-state index >= 15 is 0 Å². The lowest BCUT2D eigenvalue weighted by atomic mass is 10.1. The highest BCUT2D eigenvalue weighted by Crippen LogP contribution is 2.41. The van der Waals surface area contributed by atoms with Crippen molar-refractivity contribution in [3.63, 3.8) is 0 Å². The first-order valence-corrected chi connectivity index (χ1v) is 6.28. The summed E-state index contributed by atoms with van der Waals surface area (Å²) in [5.74, 6) is 1.66. The molecule has 5 nitrogen and oxygen atoms in total. The van der Waals surface area contributed by atoms with Crippen molar-refractivity contribution >= 4 is 0 Å². The molecule has 2 atom stereocenters. The van der Waals surface area contributed by atoms with Gasteiger partial charge in [0.2, 0.25) is 11.7 Å². The van der Waals surface area contributed by atoms with Crippen LogP contribution in [0, 0.1) is 5.92 Å². The molecule has 1 aromatic rings. The zero-order valence-corrected chi connectivity index (χ0v) is 10.4. The molecule has 2 rings (SSSR count). The standard InChI is InChI=1S/C12H20N2O3/c1-3-4-9(15)7-10-13-12(14-17-10)11(16-2)8-5-6-8/h8-9,11,15H,3-7H2,1-2H3. The second-order valence-electron chi connectivity index (χ2n) is 4.69. The van der Waals surface area contributed by atoms with E-state index in [1.54, 1.807) is 7.11 Å². The Hall–Kier alpha value is -0.940. The van der Waals surface area contributed by atoms with Crippen molar-refractivity contribution in [3.8, 4) is 0 Å². The van der Waals surface area contributed by atoms with Gasteiger partial charge in [0.05, 0.1) is 12.5 Å². The van der Waals surface area contributed by atoms with Gasteiger partial charge in [-0.05, 0) is 25.2 Å². The number of nitrogens with zero attached hydrogens (tertiary/aromatic N) is 2. The molecule has 1 fully saturated rings. The van der Waals surface area contributed by atoms with E-state index in [-0.39, 0.29) is 6.10 Å². The van der Waals surface area contributed by atoms with Gasteiger partial charge in [-0.15, -0.1) is 0 Å². The normalized spacial score (nSPS) is 19.2. The molecule has 0 radical (unpaired) electrons. The van der Waals surface area contributed by atoms with E-state index < -0.39 is 6.10 Å². The Labute approximate surface area is 101 Å². The second-order valence-corrected chi connectivity index (χ2v) is 4.69. The summed E-state index contributed by atoms with van der Waals surface area (Å²) in [6.07, 6.45) is 4.04. The van der Waals surface area contributed by atoms with Crippen molar-refractivity contribution < 1.29 is 14.4 Å². The van der Waals surface area contributed by atoms with Crippen LogP contribution in [0.2, 0.25) is 0 Å². The van der Waals surface area contributed by atoms with E-state index in [1.807, 2.05) is 6.92 Å². The summed E-state index contributed by atoms with van der Waals surface area (Å²) < 4.78 is 10.5. The molecule has 2 unspecified atom stereocenters. The van der Waals surface area contributed by atoms with Gasteiger partial charge in [-0.3, -0.25) is 0 Å². The molecule has 1 N–H and O–H groups in total. The molecule has 0 amide bonds. The van der Waals surface area contributed by atoms with Gasteiger partial charge < -0.3 is 14.4 Å². The van der Waals surface area contributed by atoms with E-state index in [9.17, 15) is 5.11 Å². The van der Waals surface area contributed by atoms with Crippen LogP contribution in [0.25, 0.3) is 0 Å². The summed E-state index contributed by atoms with van der Waals surface area (Å²) >= 11 is 0. The molecule has 0 saturated heterocycles. The highest BCUT2D eigenvalue weighted by Gasteiger charge is 2.35. The molecule has 1 heterocycles. The van der Waals surface area contributed by atoms with Gasteiger partial charge in [-0.1, -0.05) is 18.5 Å². The maximum absolute atomic E-state index is 9.67. The van der Waals surface area contributed by atoms with Gasteiger partial charge in [-0.25, -0.2) is 0 Å². The van der Waals surface area contributed by atoms with E-state index in [2.05, 4.69) is 10.1 Å². The first kappa shape index (κ1) is 12.5. The molecule has 0 aliphatic heterocycles. The molecule has 1 aromatic heterocycles. The third kappa shape index (κ3) is 3.26. The smallest absolute Gasteiger partial charge is 0.229 e. The summed E-state index contributed by atoms with van der Waals surface area (Å²) in [4.78, 5) is 4.30. The van der Waals surface area contributed by atoms with Gasteiger partial charge in [0.25, 0.3) is 0 Å². The number of methoxy groups -OCH3 is 1. The SMILES string of the molecule is CCCC(O)Cc1nc(C(OC)C2CC2)no1. The predicted octanol–water partition coefficient (Wildman–Crippen LogP) is 1.87. The average Bonchev–Trinajstić information content (AvgIpc) is 3.02. The van der Waals surface area contributed by atoms with Crippen LogP contribution in [0.1, 0.15) is 50.4 Å². The molecule has 96 valence electrons. The van der Waals surface area contributed by atoms with Gasteiger partial charge in [0, 0.05) is 7.11 Å². The van der Waals surface area contributed by atoms with Crippen molar-refractivity contribution in [3.05, 3.63) is 11.7 Å². The summed E-state index contributed by atoms with van der Waals surface area (Å²) in [6, 6.07) is 0. The summed E-state index contributed by atoms with van der Waals surface area (Å²) in [5.41, 5.74) is 0. The Kier molecular flexibility index (Phi) is 4.12. The lowest BCUT2D eigenvalue weighted by Gasteiger charge is -2.08. The van der Waals surface area contributed by atoms with Crippen molar-refractivity contribution in [2.45, 2.75) is 51.2 Å². The van der Waals surface area contributed by atoms with Gasteiger partial charge in [-0.2, -0.15) is 4.98 Å². The number of hydrogen-bond donors (Lipinski definition) is 1. The highest BCUT2D eigenvalue weighted by molar-refractivity contribution is 4.98. The minimum absolute atomic E-state index is 0.0455. The fourth-order valence-corrected chi connectivity index (χ4v) is 2.01. The van der Waals surface area contributed by atoms with Crippen LogP contribution >= 0.6 is 0 Å². The Morgan fingerprint density at radius 2 is 2.29 bits per heavy atom. The third-order valence-electron chi connectivity index (χ3n) is 3.07. The number of rotatable bonds is 7. The van der Waals surface area contributed by atoms with Gasteiger partial charge in [0.15, 0.2) is 0 Å². The number of ether oxygens (including phenoxy) is 1. The van der Waals surface area contributed by atoms with Crippen molar-refractivity contribution in [1.82, 2.24) is 10.1 Å². The Morgan fingerprint density at radius 3 is 2.88 bits per heavy atom. The van der Waals surface area contributed by atoms with E-state index in [0.717, 1.165) is 12.8 Å². The number of hydrogen-bond acceptors (Lipinski definition) is 5. The quantitative estimate of drug-likeness (QED) is 0.788. The number of aliphatic hydroxyl groups is 1. The first-order chi connectivity index (χ1) is 8.24. The minimum atomic E-state index is -0.393. The van der Waals surface area contributed by atoms with E-state index in [1.165, 1.54) is 12.8 Å². The van der Waals surface area contributed by atoms with Crippen molar-refractivity contribution in [2.24, 2.45) is 5.92 Å². The lowest BCUT2D eigenvalue weighted by molar-refractivity contribution is 0.0751. The molecule has 1 aliphatic rings. The molecular weight excluding hydrogens is 220 g/mol. The fourth-order valence-electron chi connectivity index (χ4n) is 2.01. The van der Waals surface area contributed by atoms with Gasteiger partial charge >= 0.3 is 0 Å². The summed E-state index contributed by atoms with van der Waals surface area (Å²) in [5, 5.41) is 13.6. The molecule has 1 saturated carbocycles. The predicted molar refractivity (Wildman–Crippen MR) is 61.4 cm³/mol. The Bertz CT molecular complexity index is 349. The maximum atomic E-state index is 9.67. The summed E-state index contributed by atoms with van der Waals surface area (Å²) in [7, 11) is 1.67. The van der Waals surface area contributed by atoms with Crippen LogP contribution in [-0.4, -0.2) is 28.5 Å². The lowest BCUT2D eigenvalue weighted by Crippen LogP contribution is -2.10. The van der Waals surface area contributed by atoms with Crippen molar-refractivity contribution in [1.29, 1.82) is 0 Å². The highest BCUT2D eigenvalue weighted by atomic mass is 16.5. The van der Waals surface area contributed by atoms with E-state index in [0.29, 0.717) is 24.1 Å². The van der Waals surface area contributed by atoms with Crippen LogP contribution in [0.15, 0.2) is 4.52 Å². The number of aliphatic hydroxyl groups excluding tert-OH is 1. The Balaban J connectivity index is 1.94. The van der Waals surface area contributed by atoms with Crippen LogP contribution in [0.3, 0.4) is 0 Å². The van der Waals surface area contributed by atoms with Crippen LogP contribution in [0.4, 0.5) is 0 Å². The Morgan fingerprint density at radius 1 is 1.53 bits per heavy atom. The monoisotopic (exact) mass is 240 g/mol. The largest absolute Gasteiger partial charge is 0.393 e. The van der Waals surface area contributed by atoms with Crippen LogP contribution < -0.4 is 0 Å². The summed E-state index contributed by atoms with van der Waals surface area (Å²) in [6.45, 7) is 2.04. The first-order valence-electron chi connectivity index (χ1n) is 6.28. The molecule has 0 aromatic carbocycles. The molecule has 0 bridgehead atoms. The third-order valence-corrected chi connectivity index (χ3v) is 3.07. The zero-order chi connectivity index (χ0) is 12.3. The topological polar surface area (TPSA) is 68.4 Å². The zero-order valence-electron chi connectivity index (χ0n) is 10.4. The maximum Gasteiger partial charge on any atom is 0.229 e. The second kappa shape index (κ2) is 5.60. The molecular formula is C12H20N2O3. The minimum Gasteiger partial charge on any atom is -0.393 e. The van der Waals surface area contributed by atoms with Crippen molar-refractivity contribution in [2.75, 3.05) is 7.11 Å². The van der Waals surface area contributed by atoms with Gasteiger partial charge in [0.1, 0.15) is 6.10 Å². The molecule has 0 spiro atoms. The van der Waals surface area contributed by atoms with Crippen LogP contribution in [-0.2, 0) is 11.2 Å². The number of aromatic nitrogens is 2.